The van der Waals surface area contributed by atoms with Gasteiger partial charge in [0.1, 0.15) is 5.82 Å². The van der Waals surface area contributed by atoms with Crippen molar-refractivity contribution in [3.8, 4) is 0 Å². The molecule has 0 saturated carbocycles. The number of para-hydroxylation sites is 2. The number of hydrogen-bond donors (Lipinski definition) is 2. The van der Waals surface area contributed by atoms with Crippen molar-refractivity contribution in [2.75, 3.05) is 33.4 Å². The lowest BCUT2D eigenvalue weighted by atomic mass is 10.2. The van der Waals surface area contributed by atoms with E-state index in [1.807, 2.05) is 6.07 Å². The van der Waals surface area contributed by atoms with Gasteiger partial charge in [-0.3, -0.25) is 4.99 Å². The van der Waals surface area contributed by atoms with Gasteiger partial charge in [-0.1, -0.05) is 26.0 Å². The van der Waals surface area contributed by atoms with Gasteiger partial charge in [0.15, 0.2) is 5.96 Å². The molecule has 146 valence electrons. The Morgan fingerprint density at radius 3 is 2.69 bits per heavy atom. The van der Waals surface area contributed by atoms with Gasteiger partial charge in [-0.05, 0) is 31.4 Å². The molecule has 2 aromatic rings. The van der Waals surface area contributed by atoms with Crippen LogP contribution in [0.3, 0.4) is 0 Å². The molecule has 0 aliphatic heterocycles. The highest BCUT2D eigenvalue weighted by Crippen LogP contribution is 2.15. The maximum atomic E-state index is 5.56. The first-order valence-electron chi connectivity index (χ1n) is 9.06. The molecule has 26 heavy (non-hydrogen) atoms. The number of aryl methyl sites for hydroxylation is 2. The third kappa shape index (κ3) is 7.11. The lowest BCUT2D eigenvalue weighted by Crippen LogP contribution is -2.39. The first-order valence-corrected chi connectivity index (χ1v) is 9.06. The van der Waals surface area contributed by atoms with Gasteiger partial charge in [0, 0.05) is 33.3 Å². The molecule has 2 rings (SSSR count). The Hall–Kier alpha value is -1.35. The fourth-order valence-corrected chi connectivity index (χ4v) is 2.70. The van der Waals surface area contributed by atoms with E-state index in [4.69, 9.17) is 4.74 Å². The van der Waals surface area contributed by atoms with Crippen molar-refractivity contribution in [2.24, 2.45) is 10.9 Å². The standard InChI is InChI=1S/C19H31N5O.HI/c1-15(2)14-25-13-11-22-19(20-4)21-10-7-12-24-16(3)23-17-8-5-6-9-18(17)24;/h5-6,8-9,15H,7,10-14H2,1-4H3,(H2,20,21,22);1H. The van der Waals surface area contributed by atoms with Crippen LogP contribution in [0.15, 0.2) is 29.3 Å². The first kappa shape index (κ1) is 22.7. The number of nitrogens with one attached hydrogen (secondary N) is 2. The van der Waals surface area contributed by atoms with Gasteiger partial charge in [-0.15, -0.1) is 24.0 Å². The summed E-state index contributed by atoms with van der Waals surface area (Å²) < 4.78 is 7.83. The summed E-state index contributed by atoms with van der Waals surface area (Å²) in [5.74, 6) is 2.45. The summed E-state index contributed by atoms with van der Waals surface area (Å²) in [5.41, 5.74) is 2.26. The molecule has 0 spiro atoms. The number of aliphatic imine (C=N–C) groups is 1. The highest BCUT2D eigenvalue weighted by Gasteiger charge is 2.06. The van der Waals surface area contributed by atoms with Crippen LogP contribution in [0, 0.1) is 12.8 Å². The zero-order chi connectivity index (χ0) is 18.1. The van der Waals surface area contributed by atoms with E-state index in [-0.39, 0.29) is 24.0 Å². The molecule has 0 saturated heterocycles. The second-order valence-corrected chi connectivity index (χ2v) is 6.55. The number of ether oxygens (including phenoxy) is 1. The number of nitrogens with zero attached hydrogens (tertiary/aromatic N) is 3. The van der Waals surface area contributed by atoms with Crippen molar-refractivity contribution in [2.45, 2.75) is 33.7 Å². The van der Waals surface area contributed by atoms with Crippen molar-refractivity contribution in [1.29, 1.82) is 0 Å². The van der Waals surface area contributed by atoms with E-state index < -0.39 is 0 Å². The van der Waals surface area contributed by atoms with E-state index in [1.165, 1.54) is 5.52 Å². The molecule has 0 unspecified atom stereocenters. The maximum Gasteiger partial charge on any atom is 0.191 e. The molecule has 1 aromatic heterocycles. The molecule has 7 heteroatoms. The molecule has 1 heterocycles. The molecule has 0 bridgehead atoms. The number of aromatic nitrogens is 2. The van der Waals surface area contributed by atoms with E-state index in [0.717, 1.165) is 50.0 Å². The molecule has 0 amide bonds. The number of imidazole rings is 1. The number of hydrogen-bond acceptors (Lipinski definition) is 3. The highest BCUT2D eigenvalue weighted by atomic mass is 127. The number of benzene rings is 1. The van der Waals surface area contributed by atoms with Gasteiger partial charge in [0.25, 0.3) is 0 Å². The van der Waals surface area contributed by atoms with Crippen LogP contribution in [-0.4, -0.2) is 48.9 Å². The molecular formula is C19H32IN5O. The Bertz CT molecular complexity index is 684. The van der Waals surface area contributed by atoms with E-state index >= 15 is 0 Å². The minimum absolute atomic E-state index is 0. The third-order valence-electron chi connectivity index (χ3n) is 3.91. The Morgan fingerprint density at radius 1 is 1.23 bits per heavy atom. The lowest BCUT2D eigenvalue weighted by molar-refractivity contribution is 0.114. The summed E-state index contributed by atoms with van der Waals surface area (Å²) >= 11 is 0. The van der Waals surface area contributed by atoms with Gasteiger partial charge in [0.05, 0.1) is 17.6 Å². The molecule has 0 atom stereocenters. The lowest BCUT2D eigenvalue weighted by Gasteiger charge is -2.13. The monoisotopic (exact) mass is 473 g/mol. The zero-order valence-electron chi connectivity index (χ0n) is 16.3. The predicted octanol–water partition coefficient (Wildman–Crippen LogP) is 3.19. The van der Waals surface area contributed by atoms with Crippen molar-refractivity contribution < 1.29 is 4.74 Å². The molecule has 0 aliphatic carbocycles. The second kappa shape index (κ2) is 12.1. The van der Waals surface area contributed by atoms with Gasteiger partial charge in [0.2, 0.25) is 0 Å². The summed E-state index contributed by atoms with van der Waals surface area (Å²) in [6, 6.07) is 8.27. The Kier molecular flexibility index (Phi) is 10.6. The summed E-state index contributed by atoms with van der Waals surface area (Å²) in [6.45, 7) is 10.4. The number of rotatable bonds is 9. The minimum Gasteiger partial charge on any atom is -0.379 e. The Morgan fingerprint density at radius 2 is 1.96 bits per heavy atom. The fraction of sp³-hybridized carbons (Fsp3) is 0.579. The largest absolute Gasteiger partial charge is 0.379 e. The Balaban J connectivity index is 0.00000338. The van der Waals surface area contributed by atoms with Crippen LogP contribution in [0.25, 0.3) is 11.0 Å². The Labute approximate surface area is 173 Å². The van der Waals surface area contributed by atoms with Crippen molar-refractivity contribution in [3.63, 3.8) is 0 Å². The summed E-state index contributed by atoms with van der Waals surface area (Å²) in [5, 5.41) is 6.62. The number of fused-ring (bicyclic) bond motifs is 1. The highest BCUT2D eigenvalue weighted by molar-refractivity contribution is 14.0. The van der Waals surface area contributed by atoms with Crippen LogP contribution < -0.4 is 10.6 Å². The minimum atomic E-state index is 0. The van der Waals surface area contributed by atoms with Crippen molar-refractivity contribution >= 4 is 41.0 Å². The van der Waals surface area contributed by atoms with E-state index in [9.17, 15) is 0 Å². The van der Waals surface area contributed by atoms with Gasteiger partial charge in [-0.25, -0.2) is 4.98 Å². The van der Waals surface area contributed by atoms with E-state index in [0.29, 0.717) is 12.5 Å². The topological polar surface area (TPSA) is 63.5 Å². The summed E-state index contributed by atoms with van der Waals surface area (Å²) in [6.07, 6.45) is 1.01. The van der Waals surface area contributed by atoms with E-state index in [2.05, 4.69) is 64.1 Å². The molecule has 6 nitrogen and oxygen atoms in total. The molecular weight excluding hydrogens is 441 g/mol. The molecule has 0 fully saturated rings. The normalized spacial score (nSPS) is 11.7. The quantitative estimate of drug-likeness (QED) is 0.254. The van der Waals surface area contributed by atoms with Crippen LogP contribution in [0.1, 0.15) is 26.1 Å². The van der Waals surface area contributed by atoms with Crippen molar-refractivity contribution in [1.82, 2.24) is 20.2 Å². The molecule has 2 N–H and O–H groups in total. The SMILES string of the molecule is CN=C(NCCCn1c(C)nc2ccccc21)NCCOCC(C)C.I. The fourth-order valence-electron chi connectivity index (χ4n) is 2.70. The first-order chi connectivity index (χ1) is 12.1. The van der Waals surface area contributed by atoms with Crippen molar-refractivity contribution in [3.05, 3.63) is 30.1 Å². The second-order valence-electron chi connectivity index (χ2n) is 6.55. The van der Waals surface area contributed by atoms with Crippen LogP contribution in [0.2, 0.25) is 0 Å². The average molecular weight is 473 g/mol. The third-order valence-corrected chi connectivity index (χ3v) is 3.91. The predicted molar refractivity (Wildman–Crippen MR) is 120 cm³/mol. The van der Waals surface area contributed by atoms with Gasteiger partial charge < -0.3 is 19.9 Å². The van der Waals surface area contributed by atoms with E-state index in [1.54, 1.807) is 7.05 Å². The van der Waals surface area contributed by atoms with Crippen LogP contribution >= 0.6 is 24.0 Å². The van der Waals surface area contributed by atoms with Gasteiger partial charge in [-0.2, -0.15) is 0 Å². The van der Waals surface area contributed by atoms with Gasteiger partial charge >= 0.3 is 0 Å². The van der Waals surface area contributed by atoms with Crippen LogP contribution in [0.4, 0.5) is 0 Å². The number of halogens is 1. The number of guanidine groups is 1. The van der Waals surface area contributed by atoms with Crippen LogP contribution in [-0.2, 0) is 11.3 Å². The average Bonchev–Trinajstić information content (AvgIpc) is 2.91. The summed E-state index contributed by atoms with van der Waals surface area (Å²) in [4.78, 5) is 8.85. The summed E-state index contributed by atoms with van der Waals surface area (Å²) in [7, 11) is 1.79. The smallest absolute Gasteiger partial charge is 0.191 e. The maximum absolute atomic E-state index is 5.56. The molecule has 0 aliphatic rings. The van der Waals surface area contributed by atoms with Crippen LogP contribution in [0.5, 0.6) is 0 Å². The zero-order valence-corrected chi connectivity index (χ0v) is 18.6. The molecule has 1 aromatic carbocycles. The molecule has 0 radical (unpaired) electrons.